The normalized spacial score (nSPS) is 15.8. The number of carbonyl (C=O) groups is 1. The number of benzene rings is 2. The van der Waals surface area contributed by atoms with Crippen molar-refractivity contribution in [2.75, 3.05) is 13.1 Å². The van der Waals surface area contributed by atoms with Crippen molar-refractivity contribution >= 4 is 27.3 Å². The maximum absolute atomic E-state index is 12.8. The first-order chi connectivity index (χ1) is 11.7. The molecule has 2 heterocycles. The second-order valence-electron chi connectivity index (χ2n) is 6.31. The van der Waals surface area contributed by atoms with E-state index in [4.69, 9.17) is 0 Å². The van der Waals surface area contributed by atoms with E-state index in [0.717, 1.165) is 36.2 Å². The molecule has 0 aliphatic carbocycles. The van der Waals surface area contributed by atoms with Crippen LogP contribution in [0.3, 0.4) is 0 Å². The van der Waals surface area contributed by atoms with Gasteiger partial charge in [0.25, 0.3) is 5.91 Å². The van der Waals surface area contributed by atoms with Crippen LogP contribution in [-0.4, -0.2) is 29.0 Å². The minimum absolute atomic E-state index is 0.153. The Morgan fingerprint density at radius 2 is 1.75 bits per heavy atom. The highest BCUT2D eigenvalue weighted by Crippen LogP contribution is 2.31. The summed E-state index contributed by atoms with van der Waals surface area (Å²) in [6, 6.07) is 17.6. The third-order valence-corrected chi connectivity index (χ3v) is 5.89. The molecule has 0 atom stereocenters. The van der Waals surface area contributed by atoms with Crippen LogP contribution in [0, 0.1) is 0 Å². The Hall–Kier alpha value is -2.33. The fourth-order valence-corrected chi connectivity index (χ4v) is 4.44. The zero-order valence-corrected chi connectivity index (χ0v) is 14.1. The quantitative estimate of drug-likeness (QED) is 0.741. The molecule has 24 heavy (non-hydrogen) atoms. The summed E-state index contributed by atoms with van der Waals surface area (Å²) in [5, 5.41) is 10.5. The lowest BCUT2D eigenvalue weighted by atomic mass is 9.89. The largest absolute Gasteiger partial charge is 0.508 e. The Kier molecular flexibility index (Phi) is 3.98. The zero-order chi connectivity index (χ0) is 16.5. The average molecular weight is 337 g/mol. The Morgan fingerprint density at radius 1 is 1.04 bits per heavy atom. The van der Waals surface area contributed by atoms with Gasteiger partial charge in [-0.25, -0.2) is 0 Å². The Labute approximate surface area is 145 Å². The van der Waals surface area contributed by atoms with Gasteiger partial charge in [-0.3, -0.25) is 4.79 Å². The Morgan fingerprint density at radius 3 is 2.46 bits per heavy atom. The predicted octanol–water partition coefficient (Wildman–Crippen LogP) is 4.63. The number of amides is 1. The molecule has 1 N–H and O–H groups in total. The van der Waals surface area contributed by atoms with E-state index in [-0.39, 0.29) is 5.91 Å². The number of aromatic hydroxyl groups is 1. The van der Waals surface area contributed by atoms with Crippen LogP contribution < -0.4 is 0 Å². The summed E-state index contributed by atoms with van der Waals surface area (Å²) >= 11 is 1.58. The molecule has 0 bridgehead atoms. The van der Waals surface area contributed by atoms with Crippen molar-refractivity contribution in [2.45, 2.75) is 18.8 Å². The second-order valence-corrected chi connectivity index (χ2v) is 7.39. The SMILES string of the molecule is O=C(c1cc2ccccc2s1)N1CCC(c2ccc(O)cc2)CC1. The average Bonchev–Trinajstić information content (AvgIpc) is 3.06. The lowest BCUT2D eigenvalue weighted by Crippen LogP contribution is -2.37. The van der Waals surface area contributed by atoms with Crippen molar-refractivity contribution in [1.82, 2.24) is 4.90 Å². The number of carbonyl (C=O) groups excluding carboxylic acids is 1. The number of nitrogens with zero attached hydrogens (tertiary/aromatic N) is 1. The van der Waals surface area contributed by atoms with Crippen molar-refractivity contribution in [3.05, 3.63) is 65.0 Å². The molecule has 0 radical (unpaired) electrons. The lowest BCUT2D eigenvalue weighted by molar-refractivity contribution is 0.0718. The summed E-state index contributed by atoms with van der Waals surface area (Å²) in [6.07, 6.45) is 1.95. The second kappa shape index (κ2) is 6.29. The molecule has 1 saturated heterocycles. The molecule has 4 heteroatoms. The first kappa shape index (κ1) is 15.2. The number of phenolic OH excluding ortho intramolecular Hbond substituents is 1. The third-order valence-electron chi connectivity index (χ3n) is 4.78. The summed E-state index contributed by atoms with van der Waals surface area (Å²) < 4.78 is 1.17. The Balaban J connectivity index is 1.45. The highest BCUT2D eigenvalue weighted by atomic mass is 32.1. The van der Waals surface area contributed by atoms with E-state index in [9.17, 15) is 9.90 Å². The van der Waals surface area contributed by atoms with Gasteiger partial charge in [-0.2, -0.15) is 0 Å². The molecule has 0 unspecified atom stereocenters. The van der Waals surface area contributed by atoms with E-state index in [1.54, 1.807) is 23.5 Å². The molecular formula is C20H19NO2S. The van der Waals surface area contributed by atoms with E-state index < -0.39 is 0 Å². The summed E-state index contributed by atoms with van der Waals surface area (Å²) in [4.78, 5) is 15.6. The smallest absolute Gasteiger partial charge is 0.263 e. The van der Waals surface area contributed by atoms with Gasteiger partial charge in [0.15, 0.2) is 0 Å². The molecule has 122 valence electrons. The van der Waals surface area contributed by atoms with Crippen molar-refractivity contribution in [3.63, 3.8) is 0 Å². The molecular weight excluding hydrogens is 318 g/mol. The van der Waals surface area contributed by atoms with E-state index >= 15 is 0 Å². The van der Waals surface area contributed by atoms with Crippen LogP contribution in [-0.2, 0) is 0 Å². The van der Waals surface area contributed by atoms with Gasteiger partial charge in [-0.1, -0.05) is 30.3 Å². The van der Waals surface area contributed by atoms with Crippen LogP contribution in [0.2, 0.25) is 0 Å². The Bertz CT molecular complexity index is 828. The summed E-state index contributed by atoms with van der Waals surface area (Å²) in [5.74, 6) is 0.925. The summed E-state index contributed by atoms with van der Waals surface area (Å²) in [7, 11) is 0. The van der Waals surface area contributed by atoms with Crippen LogP contribution in [0.15, 0.2) is 54.6 Å². The fraction of sp³-hybridized carbons (Fsp3) is 0.250. The zero-order valence-electron chi connectivity index (χ0n) is 13.3. The van der Waals surface area contributed by atoms with Crippen LogP contribution in [0.25, 0.3) is 10.1 Å². The van der Waals surface area contributed by atoms with Crippen molar-refractivity contribution in [1.29, 1.82) is 0 Å². The van der Waals surface area contributed by atoms with E-state index in [2.05, 4.69) is 12.1 Å². The van der Waals surface area contributed by atoms with Crippen LogP contribution in [0.1, 0.15) is 34.0 Å². The van der Waals surface area contributed by atoms with Crippen LogP contribution in [0.5, 0.6) is 5.75 Å². The molecule has 4 rings (SSSR count). The topological polar surface area (TPSA) is 40.5 Å². The highest BCUT2D eigenvalue weighted by molar-refractivity contribution is 7.20. The number of rotatable bonds is 2. The van der Waals surface area contributed by atoms with Crippen molar-refractivity contribution < 1.29 is 9.90 Å². The van der Waals surface area contributed by atoms with Gasteiger partial charge in [-0.05, 0) is 54.0 Å². The van der Waals surface area contributed by atoms with Crippen molar-refractivity contribution in [3.8, 4) is 5.75 Å². The molecule has 1 amide bonds. The van der Waals surface area contributed by atoms with Gasteiger partial charge in [0, 0.05) is 17.8 Å². The maximum Gasteiger partial charge on any atom is 0.263 e. The molecule has 2 aromatic carbocycles. The van der Waals surface area contributed by atoms with Gasteiger partial charge in [0.1, 0.15) is 5.75 Å². The third kappa shape index (κ3) is 2.89. The van der Waals surface area contributed by atoms with Gasteiger partial charge >= 0.3 is 0 Å². The standard InChI is InChI=1S/C20H19NO2S/c22-17-7-5-14(6-8-17)15-9-11-21(12-10-15)20(23)19-13-16-3-1-2-4-18(16)24-19/h1-8,13,15,22H,9-12H2. The number of likely N-dealkylation sites (tertiary alicyclic amines) is 1. The van der Waals surface area contributed by atoms with E-state index in [0.29, 0.717) is 11.7 Å². The molecule has 3 aromatic rings. The lowest BCUT2D eigenvalue weighted by Gasteiger charge is -2.32. The minimum atomic E-state index is 0.153. The van der Waals surface area contributed by atoms with Gasteiger partial charge in [-0.15, -0.1) is 11.3 Å². The predicted molar refractivity (Wildman–Crippen MR) is 97.8 cm³/mol. The molecule has 1 aromatic heterocycles. The van der Waals surface area contributed by atoms with Gasteiger partial charge in [0.05, 0.1) is 4.88 Å². The maximum atomic E-state index is 12.8. The molecule has 1 fully saturated rings. The first-order valence-electron chi connectivity index (χ1n) is 8.27. The molecule has 3 nitrogen and oxygen atoms in total. The number of phenols is 1. The fourth-order valence-electron chi connectivity index (χ4n) is 3.41. The first-order valence-corrected chi connectivity index (χ1v) is 9.09. The van der Waals surface area contributed by atoms with Gasteiger partial charge in [0.2, 0.25) is 0 Å². The summed E-state index contributed by atoms with van der Waals surface area (Å²) in [5.41, 5.74) is 1.25. The highest BCUT2D eigenvalue weighted by Gasteiger charge is 2.25. The molecule has 1 aliphatic heterocycles. The number of hydrogen-bond donors (Lipinski definition) is 1. The van der Waals surface area contributed by atoms with E-state index in [1.807, 2.05) is 35.2 Å². The van der Waals surface area contributed by atoms with E-state index in [1.165, 1.54) is 10.3 Å². The number of fused-ring (bicyclic) bond motifs is 1. The number of hydrogen-bond acceptors (Lipinski definition) is 3. The van der Waals surface area contributed by atoms with Crippen molar-refractivity contribution in [2.24, 2.45) is 0 Å². The van der Waals surface area contributed by atoms with Gasteiger partial charge < -0.3 is 10.0 Å². The van der Waals surface area contributed by atoms with Crippen LogP contribution in [0.4, 0.5) is 0 Å². The minimum Gasteiger partial charge on any atom is -0.508 e. The molecule has 0 saturated carbocycles. The summed E-state index contributed by atoms with van der Waals surface area (Å²) in [6.45, 7) is 1.58. The number of piperidine rings is 1. The molecule has 1 aliphatic rings. The monoisotopic (exact) mass is 337 g/mol. The molecule has 0 spiro atoms. The number of thiophene rings is 1. The van der Waals surface area contributed by atoms with Crippen LogP contribution >= 0.6 is 11.3 Å².